The van der Waals surface area contributed by atoms with Gasteiger partial charge in [0.25, 0.3) is 0 Å². The molecule has 0 saturated heterocycles. The molecule has 1 aliphatic heterocycles. The van der Waals surface area contributed by atoms with Crippen LogP contribution in [0.25, 0.3) is 0 Å². The molecule has 1 aromatic carbocycles. The van der Waals surface area contributed by atoms with Crippen LogP contribution in [0.15, 0.2) is 24.3 Å². The maximum absolute atomic E-state index is 12.2. The summed E-state index contributed by atoms with van der Waals surface area (Å²) in [6, 6.07) is 8.71. The van der Waals surface area contributed by atoms with Crippen LogP contribution in [0.5, 0.6) is 0 Å². The van der Waals surface area contributed by atoms with Gasteiger partial charge >= 0.3 is 0 Å². The lowest BCUT2D eigenvalue weighted by molar-refractivity contribution is -0.122. The largest absolute Gasteiger partial charge is 0.384 e. The van der Waals surface area contributed by atoms with Crippen molar-refractivity contribution in [1.82, 2.24) is 5.32 Å². The summed E-state index contributed by atoms with van der Waals surface area (Å²) < 4.78 is 0. The molecule has 1 aromatic rings. The molecule has 19 heavy (non-hydrogen) atoms. The molecular formula is C16H22N2O. The first-order valence-electron chi connectivity index (χ1n) is 7.36. The Balaban J connectivity index is 1.59. The second-order valence-electron chi connectivity index (χ2n) is 5.95. The van der Waals surface area contributed by atoms with Crippen molar-refractivity contribution in [3.63, 3.8) is 0 Å². The summed E-state index contributed by atoms with van der Waals surface area (Å²) in [6.45, 7) is 3.12. The molecular weight excluding hydrogens is 236 g/mol. The molecule has 0 radical (unpaired) electrons. The van der Waals surface area contributed by atoms with E-state index in [2.05, 4.69) is 35.8 Å². The zero-order valence-corrected chi connectivity index (χ0v) is 11.5. The quantitative estimate of drug-likeness (QED) is 0.875. The van der Waals surface area contributed by atoms with E-state index in [0.717, 1.165) is 13.0 Å². The van der Waals surface area contributed by atoms with Crippen molar-refractivity contribution in [1.29, 1.82) is 0 Å². The lowest BCUT2D eigenvalue weighted by Crippen LogP contribution is -2.37. The SMILES string of the molecule is CC1CCCC1NC(=O)CC1CNc2ccccc21. The molecule has 1 aliphatic carbocycles. The zero-order valence-electron chi connectivity index (χ0n) is 11.5. The van der Waals surface area contributed by atoms with Crippen LogP contribution in [0, 0.1) is 5.92 Å². The normalized spacial score (nSPS) is 28.8. The summed E-state index contributed by atoms with van der Waals surface area (Å²) in [5.74, 6) is 1.17. The number of anilines is 1. The number of carbonyl (C=O) groups is 1. The average molecular weight is 258 g/mol. The Bertz CT molecular complexity index is 472. The van der Waals surface area contributed by atoms with Crippen LogP contribution in [-0.2, 0) is 4.79 Å². The molecule has 3 atom stereocenters. The first-order chi connectivity index (χ1) is 9.24. The van der Waals surface area contributed by atoms with Crippen LogP contribution >= 0.6 is 0 Å². The molecule has 3 nitrogen and oxygen atoms in total. The highest BCUT2D eigenvalue weighted by Crippen LogP contribution is 2.33. The second-order valence-corrected chi connectivity index (χ2v) is 5.95. The van der Waals surface area contributed by atoms with Gasteiger partial charge in [0, 0.05) is 30.6 Å². The molecule has 1 amide bonds. The third kappa shape index (κ3) is 2.60. The van der Waals surface area contributed by atoms with Gasteiger partial charge in [0.15, 0.2) is 0 Å². The topological polar surface area (TPSA) is 41.1 Å². The first-order valence-corrected chi connectivity index (χ1v) is 7.36. The van der Waals surface area contributed by atoms with Crippen LogP contribution < -0.4 is 10.6 Å². The van der Waals surface area contributed by atoms with E-state index in [1.165, 1.54) is 24.1 Å². The van der Waals surface area contributed by atoms with Gasteiger partial charge in [-0.2, -0.15) is 0 Å². The number of nitrogens with one attached hydrogen (secondary N) is 2. The fourth-order valence-corrected chi connectivity index (χ4v) is 3.39. The minimum Gasteiger partial charge on any atom is -0.384 e. The molecule has 0 bridgehead atoms. The molecule has 0 spiro atoms. The molecule has 1 fully saturated rings. The maximum Gasteiger partial charge on any atom is 0.220 e. The summed E-state index contributed by atoms with van der Waals surface area (Å²) in [5.41, 5.74) is 2.48. The molecule has 0 aromatic heterocycles. The van der Waals surface area contributed by atoms with Gasteiger partial charge in [-0.1, -0.05) is 31.5 Å². The highest BCUT2D eigenvalue weighted by molar-refractivity contribution is 5.78. The van der Waals surface area contributed by atoms with E-state index in [9.17, 15) is 4.79 Å². The molecule has 2 aliphatic rings. The maximum atomic E-state index is 12.2. The Morgan fingerprint density at radius 2 is 2.21 bits per heavy atom. The first kappa shape index (κ1) is 12.5. The average Bonchev–Trinajstić information content (AvgIpc) is 2.98. The number of hydrogen-bond acceptors (Lipinski definition) is 2. The zero-order chi connectivity index (χ0) is 13.2. The van der Waals surface area contributed by atoms with Crippen LogP contribution in [0.2, 0.25) is 0 Å². The molecule has 2 N–H and O–H groups in total. The summed E-state index contributed by atoms with van der Waals surface area (Å²) >= 11 is 0. The lowest BCUT2D eigenvalue weighted by atomic mass is 9.97. The van der Waals surface area contributed by atoms with Crippen LogP contribution in [-0.4, -0.2) is 18.5 Å². The van der Waals surface area contributed by atoms with Crippen molar-refractivity contribution in [2.45, 2.75) is 44.6 Å². The van der Waals surface area contributed by atoms with E-state index >= 15 is 0 Å². The van der Waals surface area contributed by atoms with Crippen molar-refractivity contribution >= 4 is 11.6 Å². The van der Waals surface area contributed by atoms with Gasteiger partial charge < -0.3 is 10.6 Å². The number of carbonyl (C=O) groups excluding carboxylic acids is 1. The number of amides is 1. The van der Waals surface area contributed by atoms with Crippen molar-refractivity contribution in [2.75, 3.05) is 11.9 Å². The van der Waals surface area contributed by atoms with Gasteiger partial charge in [0.1, 0.15) is 0 Å². The predicted octanol–water partition coefficient (Wildman–Crippen LogP) is 2.89. The minimum atomic E-state index is 0.210. The predicted molar refractivity (Wildman–Crippen MR) is 77.2 cm³/mol. The van der Waals surface area contributed by atoms with Gasteiger partial charge in [-0.3, -0.25) is 4.79 Å². The van der Waals surface area contributed by atoms with Crippen LogP contribution in [0.3, 0.4) is 0 Å². The molecule has 1 saturated carbocycles. The fraction of sp³-hybridized carbons (Fsp3) is 0.562. The Hall–Kier alpha value is -1.51. The molecule has 3 unspecified atom stereocenters. The van der Waals surface area contributed by atoms with Crippen molar-refractivity contribution in [2.24, 2.45) is 5.92 Å². The number of para-hydroxylation sites is 1. The monoisotopic (exact) mass is 258 g/mol. The standard InChI is InChI=1S/C16H22N2O/c1-11-5-4-8-14(11)18-16(19)9-12-10-17-15-7-3-2-6-13(12)15/h2-3,6-7,11-12,14,17H,4-5,8-10H2,1H3,(H,18,19). The van der Waals surface area contributed by atoms with Gasteiger partial charge in [-0.15, -0.1) is 0 Å². The number of hydrogen-bond donors (Lipinski definition) is 2. The second kappa shape index (κ2) is 5.24. The number of fused-ring (bicyclic) bond motifs is 1. The van der Waals surface area contributed by atoms with Crippen molar-refractivity contribution < 1.29 is 4.79 Å². The number of benzene rings is 1. The summed E-state index contributed by atoms with van der Waals surface area (Å²) in [7, 11) is 0. The Kier molecular flexibility index (Phi) is 3.45. The Morgan fingerprint density at radius 1 is 1.37 bits per heavy atom. The van der Waals surface area contributed by atoms with Gasteiger partial charge in [-0.05, 0) is 30.4 Å². The van der Waals surface area contributed by atoms with Crippen LogP contribution in [0.4, 0.5) is 5.69 Å². The highest BCUT2D eigenvalue weighted by atomic mass is 16.1. The van der Waals surface area contributed by atoms with E-state index in [4.69, 9.17) is 0 Å². The van der Waals surface area contributed by atoms with E-state index in [1.807, 2.05) is 6.07 Å². The van der Waals surface area contributed by atoms with Crippen molar-refractivity contribution in [3.05, 3.63) is 29.8 Å². The Labute approximate surface area is 114 Å². The molecule has 3 rings (SSSR count). The molecule has 102 valence electrons. The minimum absolute atomic E-state index is 0.210. The third-order valence-corrected chi connectivity index (χ3v) is 4.58. The van der Waals surface area contributed by atoms with E-state index in [1.54, 1.807) is 0 Å². The van der Waals surface area contributed by atoms with Gasteiger partial charge in [-0.25, -0.2) is 0 Å². The summed E-state index contributed by atoms with van der Waals surface area (Å²) in [4.78, 5) is 12.2. The Morgan fingerprint density at radius 3 is 3.00 bits per heavy atom. The van der Waals surface area contributed by atoms with Crippen molar-refractivity contribution in [3.8, 4) is 0 Å². The molecule has 3 heteroatoms. The van der Waals surface area contributed by atoms with E-state index < -0.39 is 0 Å². The molecule has 1 heterocycles. The number of rotatable bonds is 3. The smallest absolute Gasteiger partial charge is 0.220 e. The van der Waals surface area contributed by atoms with Crippen LogP contribution in [0.1, 0.15) is 44.1 Å². The lowest BCUT2D eigenvalue weighted by Gasteiger charge is -2.18. The summed E-state index contributed by atoms with van der Waals surface area (Å²) in [6.07, 6.45) is 4.25. The summed E-state index contributed by atoms with van der Waals surface area (Å²) in [5, 5.41) is 6.60. The van der Waals surface area contributed by atoms with Gasteiger partial charge in [0.2, 0.25) is 5.91 Å². The fourth-order valence-electron chi connectivity index (χ4n) is 3.39. The third-order valence-electron chi connectivity index (χ3n) is 4.58. The van der Waals surface area contributed by atoms with E-state index in [-0.39, 0.29) is 5.91 Å². The highest BCUT2D eigenvalue weighted by Gasteiger charge is 2.28. The van der Waals surface area contributed by atoms with Gasteiger partial charge in [0.05, 0.1) is 0 Å². The van der Waals surface area contributed by atoms with E-state index in [0.29, 0.717) is 24.3 Å².